The van der Waals surface area contributed by atoms with E-state index in [4.69, 9.17) is 0 Å². The third-order valence-electron chi connectivity index (χ3n) is 5.51. The van der Waals surface area contributed by atoms with Gasteiger partial charge in [-0.15, -0.1) is 43.4 Å². The summed E-state index contributed by atoms with van der Waals surface area (Å²) in [6.07, 6.45) is 15.8. The Morgan fingerprint density at radius 2 is 0.975 bits per heavy atom. The molecule has 0 bridgehead atoms. The van der Waals surface area contributed by atoms with Crippen molar-refractivity contribution >= 4 is 0 Å². The maximum absolute atomic E-state index is 11.0. The van der Waals surface area contributed by atoms with E-state index in [-0.39, 0.29) is 43.5 Å². The van der Waals surface area contributed by atoms with Crippen molar-refractivity contribution in [3.8, 4) is 17.2 Å². The predicted molar refractivity (Wildman–Crippen MR) is 159 cm³/mol. The Kier molecular flexibility index (Phi) is 18.8. The van der Waals surface area contributed by atoms with Crippen LogP contribution < -0.4 is 15.3 Å². The first-order chi connectivity index (χ1) is 18.6. The van der Waals surface area contributed by atoms with Crippen molar-refractivity contribution in [2.75, 3.05) is 0 Å². The first-order valence-electron chi connectivity index (χ1n) is 13.0. The average Bonchev–Trinajstić information content (AvgIpc) is 3.46. The monoisotopic (exact) mass is 610 g/mol. The molecule has 4 heteroatoms. The van der Waals surface area contributed by atoms with Crippen LogP contribution in [-0.2, 0) is 45.5 Å². The van der Waals surface area contributed by atoms with E-state index in [1.54, 1.807) is 54.6 Å². The molecule has 1 aliphatic rings. The minimum atomic E-state index is 0. The van der Waals surface area contributed by atoms with Gasteiger partial charge in [-0.1, -0.05) is 128 Å². The molecule has 1 aliphatic carbocycles. The topological polar surface area (TPSA) is 69.2 Å². The van der Waals surface area contributed by atoms with Gasteiger partial charge >= 0.3 is 26.2 Å². The summed E-state index contributed by atoms with van der Waals surface area (Å²) in [4.78, 5) is 0. The Bertz CT molecular complexity index is 1110. The van der Waals surface area contributed by atoms with Crippen LogP contribution in [0.4, 0.5) is 0 Å². The second-order valence-electron chi connectivity index (χ2n) is 9.75. The van der Waals surface area contributed by atoms with E-state index in [1.807, 2.05) is 36.4 Å². The molecule has 0 aliphatic heterocycles. The molecule has 0 N–H and O–H groups in total. The van der Waals surface area contributed by atoms with E-state index in [0.29, 0.717) is 24.7 Å². The van der Waals surface area contributed by atoms with Gasteiger partial charge in [-0.3, -0.25) is 6.08 Å². The molecule has 0 radical (unpaired) electrons. The summed E-state index contributed by atoms with van der Waals surface area (Å²) < 4.78 is 0. The molecule has 3 aromatic carbocycles. The van der Waals surface area contributed by atoms with Crippen molar-refractivity contribution in [3.63, 3.8) is 0 Å². The van der Waals surface area contributed by atoms with E-state index < -0.39 is 0 Å². The van der Waals surface area contributed by atoms with Crippen molar-refractivity contribution in [2.45, 2.75) is 46.5 Å². The normalized spacial score (nSPS) is 11.0. The van der Waals surface area contributed by atoms with Crippen LogP contribution in [0.1, 0.15) is 43.9 Å². The number of rotatable bonds is 6. The Morgan fingerprint density at radius 3 is 1.18 bits per heavy atom. The van der Waals surface area contributed by atoms with Gasteiger partial charge in [-0.2, -0.15) is 6.08 Å². The molecule has 0 spiro atoms. The molecule has 0 atom stereocenters. The standard InChI is InChI=1S/3C9H10O.C9H13.Zr/c3*1-2-5-8-6-3-4-7-9(8)10;1-9(2,3)8-6-4-5-7-8;/h3*2-4,6-7,10H,1,5H2;4,6H,5H2,1-3H3;/q;;;-1;+4/p-3. The van der Waals surface area contributed by atoms with Gasteiger partial charge in [0.05, 0.1) is 0 Å². The molecule has 0 heterocycles. The van der Waals surface area contributed by atoms with Crippen LogP contribution >= 0.6 is 0 Å². The van der Waals surface area contributed by atoms with Gasteiger partial charge in [-0.05, 0) is 24.7 Å². The van der Waals surface area contributed by atoms with Gasteiger partial charge in [0, 0.05) is 0 Å². The van der Waals surface area contributed by atoms with Crippen molar-refractivity contribution < 1.29 is 41.5 Å². The Balaban J connectivity index is 0.000000503. The molecule has 0 saturated heterocycles. The second kappa shape index (κ2) is 20.5. The van der Waals surface area contributed by atoms with Crippen LogP contribution in [0.15, 0.2) is 128 Å². The van der Waals surface area contributed by atoms with Crippen molar-refractivity contribution in [1.82, 2.24) is 0 Å². The molecule has 0 amide bonds. The zero-order valence-electron chi connectivity index (χ0n) is 24.0. The minimum absolute atomic E-state index is 0. The third kappa shape index (κ3) is 14.7. The fourth-order valence-corrected chi connectivity index (χ4v) is 3.40. The Morgan fingerprint density at radius 1 is 0.650 bits per heavy atom. The van der Waals surface area contributed by atoms with E-state index in [1.165, 1.54) is 5.57 Å². The van der Waals surface area contributed by atoms with Gasteiger partial charge < -0.3 is 15.3 Å². The molecular formula is C36H40O3Zr. The molecule has 3 nitrogen and oxygen atoms in total. The fraction of sp³-hybridized carbons (Fsp3) is 0.222. The van der Waals surface area contributed by atoms with Crippen LogP contribution in [0.3, 0.4) is 0 Å². The maximum atomic E-state index is 11.0. The summed E-state index contributed by atoms with van der Waals surface area (Å²) in [6, 6.07) is 21.0. The summed E-state index contributed by atoms with van der Waals surface area (Å²) in [5.41, 5.74) is 4.10. The maximum Gasteiger partial charge on any atom is 4.00 e. The van der Waals surface area contributed by atoms with E-state index >= 15 is 0 Å². The van der Waals surface area contributed by atoms with Crippen LogP contribution in [0, 0.1) is 11.5 Å². The zero-order valence-corrected chi connectivity index (χ0v) is 26.4. The summed E-state index contributed by atoms with van der Waals surface area (Å²) in [7, 11) is 0. The number of benzene rings is 3. The van der Waals surface area contributed by atoms with Gasteiger partial charge in [-0.25, -0.2) is 11.6 Å². The summed E-state index contributed by atoms with van der Waals surface area (Å²) >= 11 is 0. The van der Waals surface area contributed by atoms with Crippen LogP contribution in [0.2, 0.25) is 0 Å². The Labute approximate surface area is 260 Å². The minimum Gasteiger partial charge on any atom is -0.872 e. The molecule has 0 aromatic heterocycles. The number of para-hydroxylation sites is 3. The summed E-state index contributed by atoms with van der Waals surface area (Å²) in [5, 5.41) is 32.9. The molecule has 206 valence electrons. The first-order valence-corrected chi connectivity index (χ1v) is 13.0. The van der Waals surface area contributed by atoms with E-state index in [9.17, 15) is 15.3 Å². The Hall–Kier alpha value is -3.36. The quantitative estimate of drug-likeness (QED) is 0.219. The number of hydrogen-bond donors (Lipinski definition) is 0. The van der Waals surface area contributed by atoms with Crippen LogP contribution in [-0.4, -0.2) is 0 Å². The van der Waals surface area contributed by atoms with Crippen molar-refractivity contribution in [3.05, 3.63) is 151 Å². The van der Waals surface area contributed by atoms with E-state index in [0.717, 1.165) is 23.1 Å². The predicted octanol–water partition coefficient (Wildman–Crippen LogP) is 7.19. The summed E-state index contributed by atoms with van der Waals surface area (Å²) in [5.74, 6) is 0.298. The van der Waals surface area contributed by atoms with Gasteiger partial charge in [0.1, 0.15) is 0 Å². The fourth-order valence-electron chi connectivity index (χ4n) is 3.40. The van der Waals surface area contributed by atoms with Gasteiger partial charge in [0.2, 0.25) is 0 Å². The molecule has 0 fully saturated rings. The summed E-state index contributed by atoms with van der Waals surface area (Å²) in [6.45, 7) is 17.3. The smallest absolute Gasteiger partial charge is 0.872 e. The SMILES string of the molecule is C=CCc1ccccc1[O-].C=CCc1ccccc1[O-].C=CCc1ccccc1[O-].CC(C)(C)C1=[C-]CC=C1.[Zr+4]. The average molecular weight is 612 g/mol. The number of allylic oxidation sites excluding steroid dienone is 7. The molecule has 0 saturated carbocycles. The van der Waals surface area contributed by atoms with Gasteiger partial charge in [0.15, 0.2) is 0 Å². The molecular weight excluding hydrogens is 572 g/mol. The molecule has 0 unspecified atom stereocenters. The molecule has 3 aromatic rings. The van der Waals surface area contributed by atoms with Crippen molar-refractivity contribution in [2.24, 2.45) is 5.41 Å². The second-order valence-corrected chi connectivity index (χ2v) is 9.75. The largest absolute Gasteiger partial charge is 4.00 e. The van der Waals surface area contributed by atoms with Crippen molar-refractivity contribution in [1.29, 1.82) is 0 Å². The first kappa shape index (κ1) is 36.6. The van der Waals surface area contributed by atoms with Gasteiger partial charge in [0.25, 0.3) is 0 Å². The molecule has 40 heavy (non-hydrogen) atoms. The third-order valence-corrected chi connectivity index (χ3v) is 5.51. The van der Waals surface area contributed by atoms with Crippen LogP contribution in [0.5, 0.6) is 17.2 Å². The van der Waals surface area contributed by atoms with Crippen LogP contribution in [0.25, 0.3) is 0 Å². The molecule has 4 rings (SSSR count). The van der Waals surface area contributed by atoms with E-state index in [2.05, 4.69) is 58.7 Å². The number of hydrogen-bond acceptors (Lipinski definition) is 3. The zero-order chi connectivity index (χ0) is 29.1.